The number of carbonyl (C=O) groups is 4. The van der Waals surface area contributed by atoms with Crippen molar-refractivity contribution in [3.8, 4) is 0 Å². The quantitative estimate of drug-likeness (QED) is 0.337. The Balaban J connectivity index is 5.09. The zero-order valence-corrected chi connectivity index (χ0v) is 17.0. The number of aliphatic carboxylic acids is 1. The smallest absolute Gasteiger partial charge is 0.326 e. The standard InChI is InChI=1S/C18H34N4O5/c1-9(2)7-13(17(25)22-14(18(26)27)8-10(3)4)21-16(24)12(6)20-15(23)11(5)19/h9-14H,7-8,19H2,1-6H3,(H,20,23)(H,21,24)(H,22,25)(H,26,27)/t11-,12-,13-,14-/m0/s1. The highest BCUT2D eigenvalue weighted by molar-refractivity contribution is 5.93. The predicted molar refractivity (Wildman–Crippen MR) is 102 cm³/mol. The maximum atomic E-state index is 12.6. The van der Waals surface area contributed by atoms with E-state index in [0.29, 0.717) is 6.42 Å². The van der Waals surface area contributed by atoms with Gasteiger partial charge in [0.1, 0.15) is 18.1 Å². The van der Waals surface area contributed by atoms with Crippen molar-refractivity contribution in [3.05, 3.63) is 0 Å². The van der Waals surface area contributed by atoms with Crippen molar-refractivity contribution < 1.29 is 24.3 Å². The second-order valence-corrected chi connectivity index (χ2v) is 7.74. The fourth-order valence-corrected chi connectivity index (χ4v) is 2.38. The molecular weight excluding hydrogens is 352 g/mol. The van der Waals surface area contributed by atoms with E-state index < -0.39 is 47.9 Å². The summed E-state index contributed by atoms with van der Waals surface area (Å²) < 4.78 is 0. The number of amides is 3. The number of hydrogen-bond acceptors (Lipinski definition) is 5. The van der Waals surface area contributed by atoms with Gasteiger partial charge in [-0.15, -0.1) is 0 Å². The van der Waals surface area contributed by atoms with Gasteiger partial charge < -0.3 is 26.8 Å². The van der Waals surface area contributed by atoms with Gasteiger partial charge in [-0.3, -0.25) is 14.4 Å². The number of hydrogen-bond donors (Lipinski definition) is 5. The Bertz CT molecular complexity index is 534. The lowest BCUT2D eigenvalue weighted by Gasteiger charge is -2.25. The van der Waals surface area contributed by atoms with Crippen LogP contribution < -0.4 is 21.7 Å². The monoisotopic (exact) mass is 386 g/mol. The van der Waals surface area contributed by atoms with Crippen LogP contribution in [0.5, 0.6) is 0 Å². The highest BCUT2D eigenvalue weighted by atomic mass is 16.4. The Kier molecular flexibility index (Phi) is 10.6. The third kappa shape index (κ3) is 9.93. The van der Waals surface area contributed by atoms with Crippen LogP contribution in [0.2, 0.25) is 0 Å². The van der Waals surface area contributed by atoms with Crippen LogP contribution in [0.15, 0.2) is 0 Å². The number of carboxylic acid groups (broad SMARTS) is 1. The third-order valence-corrected chi connectivity index (χ3v) is 3.83. The molecule has 0 aliphatic heterocycles. The van der Waals surface area contributed by atoms with Gasteiger partial charge in [0.2, 0.25) is 17.7 Å². The van der Waals surface area contributed by atoms with Crippen molar-refractivity contribution in [2.75, 3.05) is 0 Å². The van der Waals surface area contributed by atoms with Crippen molar-refractivity contribution in [2.24, 2.45) is 17.6 Å². The lowest BCUT2D eigenvalue weighted by atomic mass is 10.0. The molecule has 0 bridgehead atoms. The van der Waals surface area contributed by atoms with E-state index in [1.54, 1.807) is 0 Å². The number of rotatable bonds is 11. The first-order valence-electron chi connectivity index (χ1n) is 9.24. The first kappa shape index (κ1) is 24.8. The van der Waals surface area contributed by atoms with E-state index in [1.165, 1.54) is 13.8 Å². The van der Waals surface area contributed by atoms with E-state index in [0.717, 1.165) is 0 Å². The van der Waals surface area contributed by atoms with E-state index >= 15 is 0 Å². The molecule has 0 fully saturated rings. The lowest BCUT2D eigenvalue weighted by molar-refractivity contribution is -0.143. The molecule has 0 aliphatic rings. The molecule has 0 heterocycles. The summed E-state index contributed by atoms with van der Waals surface area (Å²) in [6.45, 7) is 10.5. The van der Waals surface area contributed by atoms with Crippen LogP contribution in [0, 0.1) is 11.8 Å². The molecule has 0 aromatic rings. The molecule has 9 heteroatoms. The Morgan fingerprint density at radius 3 is 1.59 bits per heavy atom. The molecule has 3 amide bonds. The summed E-state index contributed by atoms with van der Waals surface area (Å²) in [6.07, 6.45) is 0.615. The van der Waals surface area contributed by atoms with Crippen LogP contribution in [0.1, 0.15) is 54.4 Å². The van der Waals surface area contributed by atoms with Crippen molar-refractivity contribution in [1.29, 1.82) is 0 Å². The summed E-state index contributed by atoms with van der Waals surface area (Å²) in [5, 5.41) is 16.8. The van der Waals surface area contributed by atoms with Crippen molar-refractivity contribution in [3.63, 3.8) is 0 Å². The van der Waals surface area contributed by atoms with Gasteiger partial charge in [-0.05, 0) is 38.5 Å². The summed E-state index contributed by atoms with van der Waals surface area (Å²) in [4.78, 5) is 47.9. The predicted octanol–water partition coefficient (Wildman–Crippen LogP) is -0.0153. The second kappa shape index (κ2) is 11.5. The Labute approximate surface area is 160 Å². The molecule has 27 heavy (non-hydrogen) atoms. The molecule has 0 spiro atoms. The molecule has 6 N–H and O–H groups in total. The SMILES string of the molecule is CC(C)C[C@H](NC(=O)[C@H](CC(C)C)NC(=O)[C@H](C)NC(=O)[C@H](C)N)C(=O)O. The van der Waals surface area contributed by atoms with E-state index in [1.807, 2.05) is 27.7 Å². The fraction of sp³-hybridized carbons (Fsp3) is 0.778. The summed E-state index contributed by atoms with van der Waals surface area (Å²) in [7, 11) is 0. The first-order chi connectivity index (χ1) is 12.3. The van der Waals surface area contributed by atoms with E-state index in [4.69, 9.17) is 5.73 Å². The molecule has 4 atom stereocenters. The van der Waals surface area contributed by atoms with Crippen molar-refractivity contribution in [2.45, 2.75) is 78.6 Å². The zero-order valence-electron chi connectivity index (χ0n) is 17.0. The highest BCUT2D eigenvalue weighted by Crippen LogP contribution is 2.09. The van der Waals surface area contributed by atoms with Gasteiger partial charge in [-0.2, -0.15) is 0 Å². The molecular formula is C18H34N4O5. The molecule has 0 aromatic heterocycles. The molecule has 156 valence electrons. The molecule has 0 aliphatic carbocycles. The molecule has 0 saturated heterocycles. The number of nitrogens with two attached hydrogens (primary N) is 1. The minimum atomic E-state index is -1.12. The van der Waals surface area contributed by atoms with Gasteiger partial charge in [0, 0.05) is 0 Å². The van der Waals surface area contributed by atoms with Crippen LogP contribution in [0.3, 0.4) is 0 Å². The van der Waals surface area contributed by atoms with Gasteiger partial charge in [-0.25, -0.2) is 4.79 Å². The highest BCUT2D eigenvalue weighted by Gasteiger charge is 2.29. The maximum absolute atomic E-state index is 12.6. The van der Waals surface area contributed by atoms with Crippen molar-refractivity contribution >= 4 is 23.7 Å². The average Bonchev–Trinajstić information content (AvgIpc) is 2.51. The van der Waals surface area contributed by atoms with Crippen LogP contribution in [-0.4, -0.2) is 53.0 Å². The average molecular weight is 386 g/mol. The van der Waals surface area contributed by atoms with Crippen LogP contribution in [0.4, 0.5) is 0 Å². The third-order valence-electron chi connectivity index (χ3n) is 3.83. The summed E-state index contributed by atoms with van der Waals surface area (Å²) >= 11 is 0. The van der Waals surface area contributed by atoms with Gasteiger partial charge >= 0.3 is 5.97 Å². The molecule has 0 radical (unpaired) electrons. The molecule has 0 saturated carbocycles. The number of carbonyl (C=O) groups excluding carboxylic acids is 3. The van der Waals surface area contributed by atoms with Gasteiger partial charge in [0.25, 0.3) is 0 Å². The van der Waals surface area contributed by atoms with Gasteiger partial charge in [0.05, 0.1) is 6.04 Å². The maximum Gasteiger partial charge on any atom is 0.326 e. The first-order valence-corrected chi connectivity index (χ1v) is 9.24. The number of nitrogens with one attached hydrogen (secondary N) is 3. The van der Waals surface area contributed by atoms with Crippen LogP contribution in [-0.2, 0) is 19.2 Å². The number of carboxylic acids is 1. The van der Waals surface area contributed by atoms with Crippen LogP contribution in [0.25, 0.3) is 0 Å². The fourth-order valence-electron chi connectivity index (χ4n) is 2.38. The summed E-state index contributed by atoms with van der Waals surface area (Å²) in [5.41, 5.74) is 5.46. The van der Waals surface area contributed by atoms with Crippen LogP contribution >= 0.6 is 0 Å². The minimum Gasteiger partial charge on any atom is -0.480 e. The minimum absolute atomic E-state index is 0.0815. The Hall–Kier alpha value is -2.16. The summed E-state index contributed by atoms with van der Waals surface area (Å²) in [5.74, 6) is -2.53. The Morgan fingerprint density at radius 1 is 0.741 bits per heavy atom. The molecule has 9 nitrogen and oxygen atoms in total. The Morgan fingerprint density at radius 2 is 1.19 bits per heavy atom. The second-order valence-electron chi connectivity index (χ2n) is 7.74. The van der Waals surface area contributed by atoms with Gasteiger partial charge in [-0.1, -0.05) is 27.7 Å². The summed E-state index contributed by atoms with van der Waals surface area (Å²) in [6, 6.07) is -3.57. The normalized spacial score (nSPS) is 15.6. The molecule has 0 aromatic carbocycles. The zero-order chi connectivity index (χ0) is 21.3. The van der Waals surface area contributed by atoms with Gasteiger partial charge in [0.15, 0.2) is 0 Å². The molecule has 0 unspecified atom stereocenters. The van der Waals surface area contributed by atoms with E-state index in [-0.39, 0.29) is 18.3 Å². The van der Waals surface area contributed by atoms with E-state index in [2.05, 4.69) is 16.0 Å². The topological polar surface area (TPSA) is 151 Å². The largest absolute Gasteiger partial charge is 0.480 e. The lowest BCUT2D eigenvalue weighted by Crippen LogP contribution is -2.56. The van der Waals surface area contributed by atoms with Crippen molar-refractivity contribution in [1.82, 2.24) is 16.0 Å². The van der Waals surface area contributed by atoms with E-state index in [9.17, 15) is 24.3 Å². The molecule has 0 rings (SSSR count).